The Balaban J connectivity index is 1.04. The maximum Gasteiger partial charge on any atom is 0.160 e. The average Bonchev–Trinajstić information content (AvgIpc) is 3.56. The number of para-hydroxylation sites is 1. The first-order chi connectivity index (χ1) is 27.8. The van der Waals surface area contributed by atoms with Crippen LogP contribution < -0.4 is 0 Å². The maximum atomic E-state index is 5.13. The smallest absolute Gasteiger partial charge is 0.160 e. The molecule has 3 heteroatoms. The molecule has 0 unspecified atom stereocenters. The largest absolute Gasteiger partial charge is 0.228 e. The van der Waals surface area contributed by atoms with Crippen LogP contribution in [0.3, 0.4) is 0 Å². The van der Waals surface area contributed by atoms with Crippen LogP contribution in [0.25, 0.3) is 77.3 Å². The molecular weight excluding hydrogens is 697 g/mol. The molecule has 1 aromatic heterocycles. The Bertz CT molecular complexity index is 3140. The van der Waals surface area contributed by atoms with E-state index < -0.39 is 5.41 Å². The van der Waals surface area contributed by atoms with E-state index in [0.29, 0.717) is 0 Å². The van der Waals surface area contributed by atoms with Crippen molar-refractivity contribution in [1.29, 1.82) is 0 Å². The van der Waals surface area contributed by atoms with Gasteiger partial charge in [-0.2, -0.15) is 0 Å². The second kappa shape index (κ2) is 12.1. The minimum Gasteiger partial charge on any atom is -0.228 e. The fraction of sp³-hybridized carbons (Fsp3) is 0.0189. The van der Waals surface area contributed by atoms with Crippen LogP contribution in [0.2, 0.25) is 0 Å². The first-order valence-electron chi connectivity index (χ1n) is 19.2. The molecule has 12 rings (SSSR count). The molecule has 0 saturated carbocycles. The molecule has 0 bridgehead atoms. The Morgan fingerprint density at radius 3 is 1.64 bits per heavy atom. The Hall–Kier alpha value is -6.81. The van der Waals surface area contributed by atoms with Crippen LogP contribution in [0.5, 0.6) is 0 Å². The third kappa shape index (κ3) is 4.46. The number of nitrogens with zero attached hydrogens (tertiary/aromatic N) is 2. The molecule has 9 aromatic carbocycles. The van der Waals surface area contributed by atoms with Crippen LogP contribution in [0, 0.1) is 0 Å². The summed E-state index contributed by atoms with van der Waals surface area (Å²) in [6.45, 7) is 0. The molecule has 0 fully saturated rings. The minimum atomic E-state index is -0.456. The fourth-order valence-electron chi connectivity index (χ4n) is 9.42. The first kappa shape index (κ1) is 31.5. The van der Waals surface area contributed by atoms with Crippen molar-refractivity contribution in [3.05, 3.63) is 216 Å². The SMILES string of the molecule is c1ccc(-c2nc(-c3ccc(-c4ccc5c(c4)-c4ccccc4C54c5ccc6ccccc6c5Sc5c4ccc4ccccc54)cc3)c3ccccc3n2)cc1. The zero-order chi connectivity index (χ0) is 36.8. The highest BCUT2D eigenvalue weighted by molar-refractivity contribution is 8.00. The zero-order valence-electron chi connectivity index (χ0n) is 30.3. The lowest BCUT2D eigenvalue weighted by Gasteiger charge is -2.40. The molecule has 2 heterocycles. The predicted molar refractivity (Wildman–Crippen MR) is 232 cm³/mol. The van der Waals surface area contributed by atoms with Gasteiger partial charge in [0.05, 0.1) is 16.6 Å². The molecule has 2 aliphatic rings. The minimum absolute atomic E-state index is 0.456. The van der Waals surface area contributed by atoms with Crippen LogP contribution in [-0.2, 0) is 5.41 Å². The highest BCUT2D eigenvalue weighted by Gasteiger charge is 2.50. The highest BCUT2D eigenvalue weighted by Crippen LogP contribution is 2.64. The van der Waals surface area contributed by atoms with E-state index in [1.165, 1.54) is 75.8 Å². The second-order valence-corrected chi connectivity index (χ2v) is 15.9. The van der Waals surface area contributed by atoms with Gasteiger partial charge >= 0.3 is 0 Å². The van der Waals surface area contributed by atoms with E-state index in [4.69, 9.17) is 9.97 Å². The molecule has 2 nitrogen and oxygen atoms in total. The summed E-state index contributed by atoms with van der Waals surface area (Å²) in [4.78, 5) is 12.8. The Kier molecular flexibility index (Phi) is 6.81. The summed E-state index contributed by atoms with van der Waals surface area (Å²) >= 11 is 1.94. The van der Waals surface area contributed by atoms with Gasteiger partial charge in [-0.3, -0.25) is 0 Å². The van der Waals surface area contributed by atoms with Gasteiger partial charge in [-0.1, -0.05) is 194 Å². The summed E-state index contributed by atoms with van der Waals surface area (Å²) in [5.41, 5.74) is 13.9. The number of aromatic nitrogens is 2. The van der Waals surface area contributed by atoms with Gasteiger partial charge in [0.15, 0.2) is 5.82 Å². The van der Waals surface area contributed by atoms with Gasteiger partial charge in [-0.15, -0.1) is 0 Å². The number of rotatable bonds is 3. The normalized spacial score (nSPS) is 13.4. The van der Waals surface area contributed by atoms with E-state index in [1.54, 1.807) is 0 Å². The number of benzene rings is 9. The molecule has 0 atom stereocenters. The molecule has 10 aromatic rings. The molecule has 0 amide bonds. The third-order valence-corrected chi connectivity index (χ3v) is 13.2. The maximum absolute atomic E-state index is 5.13. The lowest BCUT2D eigenvalue weighted by atomic mass is 9.66. The van der Waals surface area contributed by atoms with E-state index in [0.717, 1.165) is 33.5 Å². The third-order valence-electron chi connectivity index (χ3n) is 11.9. The van der Waals surface area contributed by atoms with Crippen molar-refractivity contribution in [2.45, 2.75) is 15.2 Å². The monoisotopic (exact) mass is 728 g/mol. The predicted octanol–water partition coefficient (Wildman–Crippen LogP) is 13.8. The lowest BCUT2D eigenvalue weighted by Crippen LogP contribution is -2.32. The number of hydrogen-bond acceptors (Lipinski definition) is 3. The second-order valence-electron chi connectivity index (χ2n) is 14.8. The molecule has 1 spiro atoms. The van der Waals surface area contributed by atoms with E-state index in [-0.39, 0.29) is 0 Å². The summed E-state index contributed by atoms with van der Waals surface area (Å²) in [6.07, 6.45) is 0. The van der Waals surface area contributed by atoms with Gasteiger partial charge in [0.2, 0.25) is 0 Å². The summed E-state index contributed by atoms with van der Waals surface area (Å²) < 4.78 is 0. The van der Waals surface area contributed by atoms with Crippen LogP contribution >= 0.6 is 11.8 Å². The Morgan fingerprint density at radius 1 is 0.357 bits per heavy atom. The van der Waals surface area contributed by atoms with E-state index in [1.807, 2.05) is 36.0 Å². The van der Waals surface area contributed by atoms with E-state index in [9.17, 15) is 0 Å². The summed E-state index contributed by atoms with van der Waals surface area (Å²) in [6, 6.07) is 70.9. The van der Waals surface area contributed by atoms with Crippen molar-refractivity contribution in [2.75, 3.05) is 0 Å². The van der Waals surface area contributed by atoms with E-state index >= 15 is 0 Å². The average molecular weight is 729 g/mol. The van der Waals surface area contributed by atoms with Crippen molar-refractivity contribution >= 4 is 44.2 Å². The standard InChI is InChI=1S/C53H32N2S/c1-2-14-37(15-3-1)52-54-48-21-11-9-19-42(48)49(55-52)36-24-22-33(23-25-36)38-28-29-45-43(32-38)41-18-8-10-20-44(41)53(45)46-30-26-34-12-4-6-16-39(34)50(46)56-51-40-17-7-5-13-35(40)27-31-47(51)53/h1-32H. The fourth-order valence-corrected chi connectivity index (χ4v) is 10.9. The van der Waals surface area contributed by atoms with Crippen molar-refractivity contribution in [2.24, 2.45) is 0 Å². The molecule has 260 valence electrons. The van der Waals surface area contributed by atoms with Crippen LogP contribution in [0.4, 0.5) is 0 Å². The molecule has 1 aliphatic carbocycles. The van der Waals surface area contributed by atoms with Gasteiger partial charge in [-0.25, -0.2) is 9.97 Å². The molecule has 1 aliphatic heterocycles. The Morgan fingerprint density at radius 2 is 0.911 bits per heavy atom. The van der Waals surface area contributed by atoms with E-state index in [2.05, 4.69) is 170 Å². The summed E-state index contributed by atoms with van der Waals surface area (Å²) in [7, 11) is 0. The van der Waals surface area contributed by atoms with Gasteiger partial charge in [-0.05, 0) is 78.2 Å². The quantitative estimate of drug-likeness (QED) is 0.181. The van der Waals surface area contributed by atoms with Gasteiger partial charge in [0.25, 0.3) is 0 Å². The topological polar surface area (TPSA) is 25.8 Å². The van der Waals surface area contributed by atoms with Crippen molar-refractivity contribution < 1.29 is 0 Å². The van der Waals surface area contributed by atoms with Gasteiger partial charge in [0.1, 0.15) is 0 Å². The van der Waals surface area contributed by atoms with Gasteiger partial charge in [0, 0.05) is 26.3 Å². The lowest BCUT2D eigenvalue weighted by molar-refractivity contribution is 0.729. The number of hydrogen-bond donors (Lipinski definition) is 0. The van der Waals surface area contributed by atoms with Crippen molar-refractivity contribution in [3.8, 4) is 44.9 Å². The molecule has 56 heavy (non-hydrogen) atoms. The summed E-state index contributed by atoms with van der Waals surface area (Å²) in [5, 5.41) is 6.21. The molecule has 0 N–H and O–H groups in total. The zero-order valence-corrected chi connectivity index (χ0v) is 31.1. The Labute approximate surface area is 329 Å². The van der Waals surface area contributed by atoms with Crippen molar-refractivity contribution in [3.63, 3.8) is 0 Å². The molecular formula is C53H32N2S. The number of fused-ring (bicyclic) bond motifs is 14. The summed E-state index contributed by atoms with van der Waals surface area (Å²) in [5.74, 6) is 0.736. The van der Waals surface area contributed by atoms with Gasteiger partial charge < -0.3 is 0 Å². The first-order valence-corrected chi connectivity index (χ1v) is 20.0. The highest BCUT2D eigenvalue weighted by atomic mass is 32.2. The molecule has 0 radical (unpaired) electrons. The van der Waals surface area contributed by atoms with Crippen LogP contribution in [0.15, 0.2) is 204 Å². The molecule has 0 saturated heterocycles. The van der Waals surface area contributed by atoms with Crippen LogP contribution in [-0.4, -0.2) is 9.97 Å². The van der Waals surface area contributed by atoms with Crippen molar-refractivity contribution in [1.82, 2.24) is 9.97 Å². The van der Waals surface area contributed by atoms with Crippen LogP contribution in [0.1, 0.15) is 22.3 Å².